The minimum Gasteiger partial charge on any atom is -0.352 e. The first kappa shape index (κ1) is 19.7. The minimum absolute atomic E-state index is 0.0997. The van der Waals surface area contributed by atoms with Crippen molar-refractivity contribution < 1.29 is 4.92 Å². The summed E-state index contributed by atoms with van der Waals surface area (Å²) in [6.45, 7) is 4.62. The number of nitrogens with zero attached hydrogens (tertiary/aromatic N) is 5. The van der Waals surface area contributed by atoms with E-state index in [0.29, 0.717) is 0 Å². The maximum absolute atomic E-state index is 10.9. The summed E-state index contributed by atoms with van der Waals surface area (Å²) in [5.41, 5.74) is 5.86. The molecule has 4 aromatic rings. The topological polar surface area (TPSA) is 68.6 Å². The quantitative estimate of drug-likeness (QED) is 0.318. The first-order valence-electron chi connectivity index (χ1n) is 11.3. The lowest BCUT2D eigenvalue weighted by molar-refractivity contribution is -0.384. The molecule has 0 bridgehead atoms. The maximum Gasteiger partial charge on any atom is 0.269 e. The van der Waals surface area contributed by atoms with Crippen LogP contribution in [-0.4, -0.2) is 43.4 Å². The lowest BCUT2D eigenvalue weighted by atomic mass is 9.98. The van der Waals surface area contributed by atoms with Gasteiger partial charge in [0.25, 0.3) is 5.69 Å². The van der Waals surface area contributed by atoms with Gasteiger partial charge in [-0.15, -0.1) is 11.3 Å². The number of aromatic nitrogens is 3. The van der Waals surface area contributed by atoms with Crippen LogP contribution in [0.2, 0.25) is 0 Å². The number of rotatable bonds is 5. The van der Waals surface area contributed by atoms with Crippen molar-refractivity contribution in [1.29, 1.82) is 0 Å². The van der Waals surface area contributed by atoms with Gasteiger partial charge in [0.15, 0.2) is 4.96 Å². The van der Waals surface area contributed by atoms with Gasteiger partial charge in [0.2, 0.25) is 0 Å². The number of imidazole rings is 1. The Labute approximate surface area is 190 Å². The molecule has 0 saturated carbocycles. The van der Waals surface area contributed by atoms with Crippen molar-refractivity contribution in [2.24, 2.45) is 0 Å². The Kier molecular flexibility index (Phi) is 4.84. The first-order chi connectivity index (χ1) is 15.7. The first-order valence-corrected chi connectivity index (χ1v) is 12.1. The van der Waals surface area contributed by atoms with Crippen molar-refractivity contribution in [1.82, 2.24) is 18.9 Å². The molecule has 0 atom stereocenters. The van der Waals surface area contributed by atoms with Crippen LogP contribution in [0.5, 0.6) is 0 Å². The molecule has 0 spiro atoms. The molecule has 4 heterocycles. The second-order valence-electron chi connectivity index (χ2n) is 8.79. The van der Waals surface area contributed by atoms with Crippen molar-refractivity contribution >= 4 is 22.0 Å². The number of fused-ring (bicyclic) bond motifs is 5. The number of benzene rings is 1. The highest BCUT2D eigenvalue weighted by atomic mass is 32.1. The van der Waals surface area contributed by atoms with Crippen molar-refractivity contribution in [2.75, 3.05) is 19.6 Å². The van der Waals surface area contributed by atoms with Gasteiger partial charge in [-0.2, -0.15) is 0 Å². The number of hydrogen-bond donors (Lipinski definition) is 0. The predicted octanol–water partition coefficient (Wildman–Crippen LogP) is 5.02. The summed E-state index contributed by atoms with van der Waals surface area (Å²) in [7, 11) is 0. The zero-order chi connectivity index (χ0) is 21.7. The molecule has 6 rings (SSSR count). The number of non-ortho nitro benzene ring substituents is 1. The lowest BCUT2D eigenvalue weighted by Gasteiger charge is -2.26. The van der Waals surface area contributed by atoms with Gasteiger partial charge >= 0.3 is 0 Å². The molecular weight excluding hydrogens is 422 g/mol. The molecule has 1 saturated heterocycles. The van der Waals surface area contributed by atoms with E-state index in [1.54, 1.807) is 35.6 Å². The summed E-state index contributed by atoms with van der Waals surface area (Å²) in [4.78, 5) is 20.4. The SMILES string of the molecule is O=[N+]([O-])c1ccc(-c2cn3c4c(sc3n2)CCc2cn(CCN3CCCCC3)cc2-4)cc1. The number of hydrogen-bond acceptors (Lipinski definition) is 5. The van der Waals surface area contributed by atoms with E-state index in [0.717, 1.165) is 42.1 Å². The third-order valence-corrected chi connectivity index (χ3v) is 7.84. The van der Waals surface area contributed by atoms with Gasteiger partial charge < -0.3 is 9.47 Å². The second kappa shape index (κ2) is 7.86. The van der Waals surface area contributed by atoms with Crippen LogP contribution < -0.4 is 0 Å². The van der Waals surface area contributed by atoms with E-state index < -0.39 is 0 Å². The molecule has 8 heteroatoms. The highest BCUT2D eigenvalue weighted by Crippen LogP contribution is 2.40. The number of nitro benzene ring substituents is 1. The Morgan fingerprint density at radius 1 is 1.00 bits per heavy atom. The van der Waals surface area contributed by atoms with Crippen molar-refractivity contribution in [3.63, 3.8) is 0 Å². The van der Waals surface area contributed by atoms with Gasteiger partial charge in [-0.1, -0.05) is 6.42 Å². The molecule has 1 aliphatic carbocycles. The molecule has 0 radical (unpaired) electrons. The van der Waals surface area contributed by atoms with Gasteiger partial charge in [-0.25, -0.2) is 4.98 Å². The van der Waals surface area contributed by atoms with Crippen LogP contribution in [0, 0.1) is 10.1 Å². The molecule has 0 unspecified atom stereocenters. The van der Waals surface area contributed by atoms with Crippen LogP contribution >= 0.6 is 11.3 Å². The van der Waals surface area contributed by atoms with E-state index in [1.807, 2.05) is 0 Å². The van der Waals surface area contributed by atoms with Gasteiger partial charge in [0, 0.05) is 59.8 Å². The molecule has 3 aromatic heterocycles. The Balaban J connectivity index is 1.30. The highest BCUT2D eigenvalue weighted by Gasteiger charge is 2.25. The third-order valence-electron chi connectivity index (χ3n) is 6.73. The van der Waals surface area contributed by atoms with Crippen molar-refractivity contribution in [2.45, 2.75) is 38.6 Å². The minimum atomic E-state index is -0.372. The van der Waals surface area contributed by atoms with Crippen LogP contribution in [-0.2, 0) is 19.4 Å². The maximum atomic E-state index is 10.9. The third kappa shape index (κ3) is 3.43. The van der Waals surface area contributed by atoms with Crippen LogP contribution in [0.3, 0.4) is 0 Å². The molecule has 1 aromatic carbocycles. The Hall–Kier alpha value is -2.97. The monoisotopic (exact) mass is 447 g/mol. The van der Waals surface area contributed by atoms with E-state index in [1.165, 1.54) is 54.0 Å². The molecule has 32 heavy (non-hydrogen) atoms. The molecule has 2 aliphatic rings. The summed E-state index contributed by atoms with van der Waals surface area (Å²) >= 11 is 1.76. The average Bonchev–Trinajstić information content (AvgIpc) is 3.50. The van der Waals surface area contributed by atoms with Crippen LogP contribution in [0.25, 0.3) is 27.5 Å². The summed E-state index contributed by atoms with van der Waals surface area (Å²) in [5.74, 6) is 0. The Bertz CT molecular complexity index is 1290. The fourth-order valence-corrected chi connectivity index (χ4v) is 6.13. The predicted molar refractivity (Wildman–Crippen MR) is 126 cm³/mol. The standard InChI is InChI=1S/C24H25N5O2S/c30-29(31)19-7-4-17(5-8-19)21-16-28-23-20-15-27(13-12-26-10-2-1-3-11-26)14-18(20)6-9-22(23)32-24(28)25-21/h4-5,7-8,14-16H,1-3,6,9-13H2. The van der Waals surface area contributed by atoms with Crippen molar-refractivity contribution in [3.8, 4) is 22.5 Å². The van der Waals surface area contributed by atoms with Crippen LogP contribution in [0.4, 0.5) is 5.69 Å². The van der Waals surface area contributed by atoms with Crippen LogP contribution in [0.1, 0.15) is 29.7 Å². The van der Waals surface area contributed by atoms with E-state index in [9.17, 15) is 10.1 Å². The molecule has 7 nitrogen and oxygen atoms in total. The summed E-state index contributed by atoms with van der Waals surface area (Å²) < 4.78 is 4.58. The number of nitro groups is 1. The summed E-state index contributed by atoms with van der Waals surface area (Å²) in [5, 5.41) is 10.9. The number of thiazole rings is 1. The summed E-state index contributed by atoms with van der Waals surface area (Å²) in [6.07, 6.45) is 12.9. The van der Waals surface area contributed by atoms with Crippen LogP contribution in [0.15, 0.2) is 42.9 Å². The molecule has 1 fully saturated rings. The number of piperidine rings is 1. The number of aryl methyl sites for hydroxylation is 2. The smallest absolute Gasteiger partial charge is 0.269 e. The fraction of sp³-hybridized carbons (Fsp3) is 0.375. The molecule has 1 aliphatic heterocycles. The van der Waals surface area contributed by atoms with E-state index in [4.69, 9.17) is 4.98 Å². The van der Waals surface area contributed by atoms with E-state index >= 15 is 0 Å². The van der Waals surface area contributed by atoms with Gasteiger partial charge in [0.05, 0.1) is 16.3 Å². The zero-order valence-corrected chi connectivity index (χ0v) is 18.7. The average molecular weight is 448 g/mol. The largest absolute Gasteiger partial charge is 0.352 e. The molecule has 0 amide bonds. The Morgan fingerprint density at radius 2 is 1.81 bits per heavy atom. The Morgan fingerprint density at radius 3 is 2.59 bits per heavy atom. The van der Waals surface area contributed by atoms with E-state index in [-0.39, 0.29) is 10.6 Å². The van der Waals surface area contributed by atoms with Gasteiger partial charge in [0.1, 0.15) is 0 Å². The van der Waals surface area contributed by atoms with Crippen molar-refractivity contribution in [3.05, 3.63) is 63.4 Å². The normalized spacial score (nSPS) is 16.2. The zero-order valence-electron chi connectivity index (χ0n) is 17.9. The fourth-order valence-electron chi connectivity index (χ4n) is 5.02. The lowest BCUT2D eigenvalue weighted by Crippen LogP contribution is -2.32. The number of likely N-dealkylation sites (tertiary alicyclic amines) is 1. The highest BCUT2D eigenvalue weighted by molar-refractivity contribution is 7.17. The molecular formula is C24H25N5O2S. The molecule has 164 valence electrons. The van der Waals surface area contributed by atoms with Gasteiger partial charge in [-0.3, -0.25) is 14.5 Å². The van der Waals surface area contributed by atoms with E-state index in [2.05, 4.69) is 32.5 Å². The van der Waals surface area contributed by atoms with Gasteiger partial charge in [-0.05, 0) is 56.5 Å². The second-order valence-corrected chi connectivity index (χ2v) is 9.86. The summed E-state index contributed by atoms with van der Waals surface area (Å²) in [6, 6.07) is 6.64. The molecule has 0 N–H and O–H groups in total.